The SMILES string of the molecule is Cc1cncc(CNC(C)CC(C)C)c1. The molecule has 0 aliphatic rings. The second-order valence-corrected chi connectivity index (χ2v) is 4.78. The fourth-order valence-electron chi connectivity index (χ4n) is 1.80. The van der Waals surface area contributed by atoms with Crippen molar-refractivity contribution in [1.82, 2.24) is 10.3 Å². The largest absolute Gasteiger partial charge is 0.310 e. The smallest absolute Gasteiger partial charge is 0.0313 e. The summed E-state index contributed by atoms with van der Waals surface area (Å²) in [6, 6.07) is 2.76. The van der Waals surface area contributed by atoms with Gasteiger partial charge in [0.15, 0.2) is 0 Å². The molecule has 1 heterocycles. The van der Waals surface area contributed by atoms with E-state index in [0.717, 1.165) is 12.5 Å². The molecule has 0 bridgehead atoms. The second-order valence-electron chi connectivity index (χ2n) is 4.78. The Bertz CT molecular complexity index is 294. The van der Waals surface area contributed by atoms with E-state index in [0.29, 0.717) is 6.04 Å². The summed E-state index contributed by atoms with van der Waals surface area (Å²) in [6.07, 6.45) is 5.04. The van der Waals surface area contributed by atoms with Crippen molar-refractivity contribution in [2.24, 2.45) is 5.92 Å². The van der Waals surface area contributed by atoms with Crippen LogP contribution in [0.15, 0.2) is 18.5 Å². The highest BCUT2D eigenvalue weighted by molar-refractivity contribution is 5.16. The number of aromatic nitrogens is 1. The van der Waals surface area contributed by atoms with Crippen molar-refractivity contribution >= 4 is 0 Å². The third kappa shape index (κ3) is 4.93. The first-order valence-electron chi connectivity index (χ1n) is 5.72. The number of hydrogen-bond donors (Lipinski definition) is 1. The minimum absolute atomic E-state index is 0.575. The van der Waals surface area contributed by atoms with Crippen molar-refractivity contribution in [2.75, 3.05) is 0 Å². The van der Waals surface area contributed by atoms with E-state index in [2.05, 4.69) is 44.1 Å². The minimum atomic E-state index is 0.575. The van der Waals surface area contributed by atoms with E-state index in [1.807, 2.05) is 12.4 Å². The van der Waals surface area contributed by atoms with Crippen LogP contribution in [0.25, 0.3) is 0 Å². The van der Waals surface area contributed by atoms with Gasteiger partial charge < -0.3 is 5.32 Å². The van der Waals surface area contributed by atoms with Gasteiger partial charge in [-0.2, -0.15) is 0 Å². The average molecular weight is 206 g/mol. The molecule has 0 aromatic carbocycles. The predicted molar refractivity (Wildman–Crippen MR) is 64.7 cm³/mol. The minimum Gasteiger partial charge on any atom is -0.310 e. The third-order valence-corrected chi connectivity index (χ3v) is 2.41. The Morgan fingerprint density at radius 2 is 2.00 bits per heavy atom. The van der Waals surface area contributed by atoms with Gasteiger partial charge in [-0.15, -0.1) is 0 Å². The van der Waals surface area contributed by atoms with E-state index in [-0.39, 0.29) is 0 Å². The van der Waals surface area contributed by atoms with Gasteiger partial charge in [0.2, 0.25) is 0 Å². The number of aryl methyl sites for hydroxylation is 1. The molecule has 1 aromatic heterocycles. The Morgan fingerprint density at radius 1 is 1.27 bits per heavy atom. The maximum atomic E-state index is 4.18. The molecule has 0 aliphatic carbocycles. The summed E-state index contributed by atoms with van der Waals surface area (Å²) in [5.41, 5.74) is 2.50. The topological polar surface area (TPSA) is 24.9 Å². The van der Waals surface area contributed by atoms with Gasteiger partial charge in [0.1, 0.15) is 0 Å². The lowest BCUT2D eigenvalue weighted by Gasteiger charge is -2.15. The molecule has 1 atom stereocenters. The van der Waals surface area contributed by atoms with E-state index in [4.69, 9.17) is 0 Å². The zero-order valence-electron chi connectivity index (χ0n) is 10.2. The molecule has 0 radical (unpaired) electrons. The molecule has 0 fully saturated rings. The van der Waals surface area contributed by atoms with Crippen LogP contribution in [-0.4, -0.2) is 11.0 Å². The van der Waals surface area contributed by atoms with Crippen LogP contribution in [0.2, 0.25) is 0 Å². The summed E-state index contributed by atoms with van der Waals surface area (Å²) in [4.78, 5) is 4.18. The molecule has 1 aromatic rings. The summed E-state index contributed by atoms with van der Waals surface area (Å²) in [7, 11) is 0. The van der Waals surface area contributed by atoms with Gasteiger partial charge in [-0.3, -0.25) is 4.98 Å². The van der Waals surface area contributed by atoms with Gasteiger partial charge in [-0.1, -0.05) is 19.9 Å². The molecule has 1 N–H and O–H groups in total. The van der Waals surface area contributed by atoms with E-state index in [9.17, 15) is 0 Å². The maximum Gasteiger partial charge on any atom is 0.0313 e. The first-order valence-corrected chi connectivity index (χ1v) is 5.72. The average Bonchev–Trinajstić information content (AvgIpc) is 2.14. The van der Waals surface area contributed by atoms with Crippen LogP contribution in [0, 0.1) is 12.8 Å². The Balaban J connectivity index is 2.36. The van der Waals surface area contributed by atoms with Crippen LogP contribution in [0.5, 0.6) is 0 Å². The van der Waals surface area contributed by atoms with E-state index < -0.39 is 0 Å². The van der Waals surface area contributed by atoms with Gasteiger partial charge in [-0.25, -0.2) is 0 Å². The van der Waals surface area contributed by atoms with Crippen molar-refractivity contribution in [3.05, 3.63) is 29.6 Å². The molecule has 0 saturated heterocycles. The van der Waals surface area contributed by atoms with Crippen molar-refractivity contribution in [1.29, 1.82) is 0 Å². The molecule has 0 saturated carbocycles. The molecule has 84 valence electrons. The molecule has 15 heavy (non-hydrogen) atoms. The Labute approximate surface area is 93.1 Å². The first kappa shape index (κ1) is 12.2. The van der Waals surface area contributed by atoms with Crippen molar-refractivity contribution in [3.8, 4) is 0 Å². The molecular weight excluding hydrogens is 184 g/mol. The highest BCUT2D eigenvalue weighted by atomic mass is 14.9. The summed E-state index contributed by atoms with van der Waals surface area (Å²) >= 11 is 0. The standard InChI is InChI=1S/C13H22N2/c1-10(2)5-12(4)15-9-13-6-11(3)7-14-8-13/h6-8,10,12,15H,5,9H2,1-4H3. The van der Waals surface area contributed by atoms with Crippen LogP contribution in [-0.2, 0) is 6.54 Å². The molecule has 1 rings (SSSR count). The molecule has 0 amide bonds. The van der Waals surface area contributed by atoms with E-state index >= 15 is 0 Å². The Kier molecular flexibility index (Phi) is 4.76. The highest BCUT2D eigenvalue weighted by Crippen LogP contribution is 2.06. The first-order chi connectivity index (χ1) is 7.08. The van der Waals surface area contributed by atoms with Crippen molar-refractivity contribution < 1.29 is 0 Å². The maximum absolute atomic E-state index is 4.18. The fraction of sp³-hybridized carbons (Fsp3) is 0.615. The van der Waals surface area contributed by atoms with Crippen molar-refractivity contribution in [2.45, 2.75) is 46.7 Å². The third-order valence-electron chi connectivity index (χ3n) is 2.41. The molecule has 0 aliphatic heterocycles. The second kappa shape index (κ2) is 5.86. The zero-order valence-corrected chi connectivity index (χ0v) is 10.2. The van der Waals surface area contributed by atoms with E-state index in [1.165, 1.54) is 17.5 Å². The van der Waals surface area contributed by atoms with Crippen LogP contribution in [0.3, 0.4) is 0 Å². The molecule has 2 nitrogen and oxygen atoms in total. The lowest BCUT2D eigenvalue weighted by atomic mass is 10.1. The lowest BCUT2D eigenvalue weighted by molar-refractivity contribution is 0.441. The number of rotatable bonds is 5. The Morgan fingerprint density at radius 3 is 2.60 bits per heavy atom. The molecule has 2 heteroatoms. The van der Waals surface area contributed by atoms with Crippen LogP contribution < -0.4 is 5.32 Å². The fourth-order valence-corrected chi connectivity index (χ4v) is 1.80. The molecule has 0 spiro atoms. The van der Waals surface area contributed by atoms with Gasteiger partial charge in [0.05, 0.1) is 0 Å². The number of nitrogens with one attached hydrogen (secondary N) is 1. The van der Waals surface area contributed by atoms with E-state index in [1.54, 1.807) is 0 Å². The summed E-state index contributed by atoms with van der Waals surface area (Å²) in [6.45, 7) is 9.75. The van der Waals surface area contributed by atoms with Crippen LogP contribution in [0.1, 0.15) is 38.3 Å². The number of hydrogen-bond acceptors (Lipinski definition) is 2. The van der Waals surface area contributed by atoms with Gasteiger partial charge in [-0.05, 0) is 37.3 Å². The van der Waals surface area contributed by atoms with Gasteiger partial charge in [0.25, 0.3) is 0 Å². The van der Waals surface area contributed by atoms with Crippen LogP contribution in [0.4, 0.5) is 0 Å². The molecule has 1 unspecified atom stereocenters. The normalized spacial score (nSPS) is 13.1. The van der Waals surface area contributed by atoms with Gasteiger partial charge >= 0.3 is 0 Å². The zero-order chi connectivity index (χ0) is 11.3. The number of pyridine rings is 1. The van der Waals surface area contributed by atoms with Crippen molar-refractivity contribution in [3.63, 3.8) is 0 Å². The molecular formula is C13H22N2. The summed E-state index contributed by atoms with van der Waals surface area (Å²) in [5.74, 6) is 0.753. The monoisotopic (exact) mass is 206 g/mol. The Hall–Kier alpha value is -0.890. The predicted octanol–water partition coefficient (Wildman–Crippen LogP) is 2.91. The number of nitrogens with zero attached hydrogens (tertiary/aromatic N) is 1. The van der Waals surface area contributed by atoms with Gasteiger partial charge in [0, 0.05) is 25.0 Å². The lowest BCUT2D eigenvalue weighted by Crippen LogP contribution is -2.26. The van der Waals surface area contributed by atoms with Crippen LogP contribution >= 0.6 is 0 Å². The quantitative estimate of drug-likeness (QED) is 0.801. The highest BCUT2D eigenvalue weighted by Gasteiger charge is 2.04. The summed E-state index contributed by atoms with van der Waals surface area (Å²) in [5, 5.41) is 3.52. The summed E-state index contributed by atoms with van der Waals surface area (Å²) < 4.78 is 0.